The van der Waals surface area contributed by atoms with E-state index in [1.54, 1.807) is 13.4 Å². The zero-order valence-electron chi connectivity index (χ0n) is 22.0. The van der Waals surface area contributed by atoms with Crippen LogP contribution in [0.2, 0.25) is 0 Å². The highest BCUT2D eigenvalue weighted by Gasteiger charge is 2.49. The molecule has 4 heterocycles. The number of aromatic amines is 1. The zero-order valence-corrected chi connectivity index (χ0v) is 22.0. The number of nitrogens with one attached hydrogen (secondary N) is 2. The molecule has 0 radical (unpaired) electrons. The second-order valence-corrected chi connectivity index (χ2v) is 10.3. The fraction of sp³-hybridized carbons (Fsp3) is 0.429. The standard InChI is InChI=1S/C28H35N7O/c1-17(2)23-24(32-33-25(23)22-14-18(3)26-30-16-31-35(26)15-22)21-10-8-20(9-11-21)19(4)28(27(36)29-5)12-7-13-34(28)6/h8-11,14-17,19H,7,12-13H2,1-6H3,(H,29,36)(H,32,33)/t19-,28?/m0/s1. The molecule has 0 saturated carbocycles. The average Bonchev–Trinajstić information content (AvgIpc) is 3.61. The Morgan fingerprint density at radius 2 is 1.92 bits per heavy atom. The van der Waals surface area contributed by atoms with Crippen molar-refractivity contribution >= 4 is 11.6 Å². The van der Waals surface area contributed by atoms with Crippen LogP contribution in [0.25, 0.3) is 28.2 Å². The molecule has 2 atom stereocenters. The first kappa shape index (κ1) is 24.2. The molecule has 0 spiro atoms. The predicted octanol–water partition coefficient (Wildman–Crippen LogP) is 4.53. The first-order chi connectivity index (χ1) is 17.3. The van der Waals surface area contributed by atoms with Crippen LogP contribution >= 0.6 is 0 Å². The third kappa shape index (κ3) is 3.71. The van der Waals surface area contributed by atoms with Crippen LogP contribution in [0.1, 0.15) is 62.1 Å². The molecule has 1 aromatic carbocycles. The van der Waals surface area contributed by atoms with Gasteiger partial charge in [-0.15, -0.1) is 0 Å². The van der Waals surface area contributed by atoms with Gasteiger partial charge in [0, 0.05) is 30.3 Å². The Hall–Kier alpha value is -3.52. The molecule has 8 heteroatoms. The van der Waals surface area contributed by atoms with Crippen molar-refractivity contribution in [2.24, 2.45) is 0 Å². The molecule has 1 fully saturated rings. The molecule has 1 aliphatic heterocycles. The number of amides is 1. The van der Waals surface area contributed by atoms with E-state index in [4.69, 9.17) is 5.10 Å². The number of fused-ring (bicyclic) bond motifs is 1. The Balaban J connectivity index is 1.52. The van der Waals surface area contributed by atoms with Crippen LogP contribution in [-0.2, 0) is 4.79 Å². The summed E-state index contributed by atoms with van der Waals surface area (Å²) >= 11 is 0. The number of carbonyl (C=O) groups is 1. The van der Waals surface area contributed by atoms with Gasteiger partial charge in [-0.2, -0.15) is 10.2 Å². The summed E-state index contributed by atoms with van der Waals surface area (Å²) in [4.78, 5) is 19.6. The quantitative estimate of drug-likeness (QED) is 0.419. The lowest BCUT2D eigenvalue weighted by Gasteiger charge is -2.40. The highest BCUT2D eigenvalue weighted by Crippen LogP contribution is 2.42. The van der Waals surface area contributed by atoms with Crippen LogP contribution < -0.4 is 5.32 Å². The predicted molar refractivity (Wildman–Crippen MR) is 142 cm³/mol. The number of aryl methyl sites for hydroxylation is 1. The fourth-order valence-corrected chi connectivity index (χ4v) is 6.01. The Morgan fingerprint density at radius 3 is 2.56 bits per heavy atom. The lowest BCUT2D eigenvalue weighted by atomic mass is 9.77. The Bertz CT molecular complexity index is 1400. The maximum absolute atomic E-state index is 13.0. The van der Waals surface area contributed by atoms with Gasteiger partial charge in [-0.25, -0.2) is 9.50 Å². The number of hydrogen-bond donors (Lipinski definition) is 2. The first-order valence-corrected chi connectivity index (χ1v) is 12.7. The fourth-order valence-electron chi connectivity index (χ4n) is 6.01. The average molecular weight is 486 g/mol. The summed E-state index contributed by atoms with van der Waals surface area (Å²) in [5.74, 6) is 0.431. The van der Waals surface area contributed by atoms with Crippen molar-refractivity contribution in [3.8, 4) is 22.5 Å². The second kappa shape index (κ2) is 9.17. The second-order valence-electron chi connectivity index (χ2n) is 10.3. The maximum atomic E-state index is 13.0. The summed E-state index contributed by atoms with van der Waals surface area (Å²) in [6.07, 6.45) is 5.46. The Labute approximate surface area is 212 Å². The van der Waals surface area contributed by atoms with Crippen molar-refractivity contribution in [2.75, 3.05) is 20.6 Å². The number of carbonyl (C=O) groups excluding carboxylic acids is 1. The molecular weight excluding hydrogens is 450 g/mol. The van der Waals surface area contributed by atoms with Crippen LogP contribution in [0.5, 0.6) is 0 Å². The molecule has 0 bridgehead atoms. The highest BCUT2D eigenvalue weighted by molar-refractivity contribution is 5.88. The molecule has 1 aliphatic rings. The van der Waals surface area contributed by atoms with Crippen LogP contribution in [0.15, 0.2) is 42.9 Å². The van der Waals surface area contributed by atoms with E-state index < -0.39 is 5.54 Å². The number of hydrogen-bond acceptors (Lipinski definition) is 5. The van der Waals surface area contributed by atoms with E-state index in [9.17, 15) is 4.79 Å². The lowest BCUT2D eigenvalue weighted by molar-refractivity contribution is -0.131. The number of nitrogens with zero attached hydrogens (tertiary/aromatic N) is 5. The van der Waals surface area contributed by atoms with Gasteiger partial charge in [0.25, 0.3) is 0 Å². The topological polar surface area (TPSA) is 91.2 Å². The van der Waals surface area contributed by atoms with Crippen molar-refractivity contribution in [1.29, 1.82) is 0 Å². The van der Waals surface area contributed by atoms with Gasteiger partial charge in [-0.05, 0) is 62.0 Å². The SMILES string of the molecule is CNC(=O)C1([C@@H](C)c2ccc(-c3[nH]nc(-c4cc(C)c5ncnn5c4)c3C(C)C)cc2)CCCN1C. The molecule has 8 nitrogen and oxygen atoms in total. The van der Waals surface area contributed by atoms with Gasteiger partial charge in [0.2, 0.25) is 5.91 Å². The Morgan fingerprint density at radius 1 is 1.17 bits per heavy atom. The molecule has 1 saturated heterocycles. The zero-order chi connectivity index (χ0) is 25.6. The molecule has 5 rings (SSSR count). The van der Waals surface area contributed by atoms with Crippen molar-refractivity contribution in [2.45, 2.75) is 57.9 Å². The third-order valence-electron chi connectivity index (χ3n) is 7.98. The summed E-state index contributed by atoms with van der Waals surface area (Å²) in [6.45, 7) is 9.53. The van der Waals surface area contributed by atoms with Gasteiger partial charge >= 0.3 is 0 Å². The molecular formula is C28H35N7O. The number of aromatic nitrogens is 5. The van der Waals surface area contributed by atoms with Crippen LogP contribution in [-0.4, -0.2) is 61.8 Å². The number of rotatable bonds is 6. The number of pyridine rings is 1. The van der Waals surface area contributed by atoms with E-state index in [0.29, 0.717) is 0 Å². The smallest absolute Gasteiger partial charge is 0.240 e. The highest BCUT2D eigenvalue weighted by atomic mass is 16.2. The van der Waals surface area contributed by atoms with Gasteiger partial charge in [-0.1, -0.05) is 45.0 Å². The molecule has 3 aromatic heterocycles. The number of benzene rings is 1. The van der Waals surface area contributed by atoms with Crippen molar-refractivity contribution in [3.63, 3.8) is 0 Å². The van der Waals surface area contributed by atoms with E-state index in [2.05, 4.69) is 83.5 Å². The first-order valence-electron chi connectivity index (χ1n) is 12.7. The molecule has 188 valence electrons. The van der Waals surface area contributed by atoms with E-state index in [1.165, 1.54) is 5.56 Å². The number of likely N-dealkylation sites (N-methyl/N-ethyl adjacent to an activating group) is 2. The lowest BCUT2D eigenvalue weighted by Crippen LogP contribution is -2.56. The van der Waals surface area contributed by atoms with Crippen molar-refractivity contribution in [3.05, 3.63) is 59.5 Å². The molecule has 1 unspecified atom stereocenters. The Kier molecular flexibility index (Phi) is 6.16. The largest absolute Gasteiger partial charge is 0.358 e. The number of H-pyrrole nitrogens is 1. The number of likely N-dealkylation sites (tertiary alicyclic amines) is 1. The molecule has 36 heavy (non-hydrogen) atoms. The van der Waals surface area contributed by atoms with Crippen molar-refractivity contribution < 1.29 is 4.79 Å². The van der Waals surface area contributed by atoms with Gasteiger partial charge in [0.15, 0.2) is 5.65 Å². The van der Waals surface area contributed by atoms with E-state index in [0.717, 1.165) is 58.7 Å². The van der Waals surface area contributed by atoms with E-state index in [-0.39, 0.29) is 17.7 Å². The molecule has 0 aliphatic carbocycles. The summed E-state index contributed by atoms with van der Waals surface area (Å²) in [5, 5.41) is 15.3. The normalized spacial score (nSPS) is 19.3. The monoisotopic (exact) mass is 485 g/mol. The summed E-state index contributed by atoms with van der Waals surface area (Å²) < 4.78 is 1.81. The van der Waals surface area contributed by atoms with Gasteiger partial charge < -0.3 is 5.32 Å². The molecule has 1 amide bonds. The molecule has 4 aromatic rings. The minimum Gasteiger partial charge on any atom is -0.358 e. The van der Waals surface area contributed by atoms with Gasteiger partial charge in [-0.3, -0.25) is 14.8 Å². The minimum absolute atomic E-state index is 0.0679. The summed E-state index contributed by atoms with van der Waals surface area (Å²) in [7, 11) is 3.80. The van der Waals surface area contributed by atoms with E-state index in [1.807, 2.05) is 17.6 Å². The van der Waals surface area contributed by atoms with Gasteiger partial charge in [0.1, 0.15) is 11.9 Å². The summed E-state index contributed by atoms with van der Waals surface area (Å²) in [5.41, 5.74) is 7.79. The maximum Gasteiger partial charge on any atom is 0.240 e. The van der Waals surface area contributed by atoms with E-state index >= 15 is 0 Å². The van der Waals surface area contributed by atoms with Crippen LogP contribution in [0.4, 0.5) is 0 Å². The third-order valence-corrected chi connectivity index (χ3v) is 7.98. The van der Waals surface area contributed by atoms with Crippen LogP contribution in [0.3, 0.4) is 0 Å². The summed E-state index contributed by atoms with van der Waals surface area (Å²) in [6, 6.07) is 10.7. The minimum atomic E-state index is -0.515. The van der Waals surface area contributed by atoms with Crippen molar-refractivity contribution in [1.82, 2.24) is 35.0 Å². The van der Waals surface area contributed by atoms with Crippen LogP contribution in [0, 0.1) is 6.92 Å². The molecule has 2 N–H and O–H groups in total. The van der Waals surface area contributed by atoms with Gasteiger partial charge in [0.05, 0.1) is 11.4 Å².